The van der Waals surface area contributed by atoms with Crippen molar-refractivity contribution >= 4 is 0 Å². The lowest BCUT2D eigenvalue weighted by molar-refractivity contribution is -0.0910. The van der Waals surface area contributed by atoms with E-state index in [4.69, 9.17) is 9.47 Å². The maximum absolute atomic E-state index is 5.39. The Bertz CT molecular complexity index is 233. The molecule has 0 saturated carbocycles. The molecule has 1 aromatic carbocycles. The molecule has 0 bridgehead atoms. The second-order valence-electron chi connectivity index (χ2n) is 3.34. The second-order valence-corrected chi connectivity index (χ2v) is 3.34. The maximum atomic E-state index is 5.39. The maximum Gasteiger partial charge on any atom is 0.147 e. The minimum absolute atomic E-state index is 0.283. The van der Waals surface area contributed by atoms with Gasteiger partial charge in [0, 0.05) is 0 Å². The number of benzene rings is 1. The van der Waals surface area contributed by atoms with E-state index in [1.807, 2.05) is 37.3 Å². The van der Waals surface area contributed by atoms with Crippen LogP contribution in [0.15, 0.2) is 30.3 Å². The Labute approximate surface area is 85.8 Å². The van der Waals surface area contributed by atoms with Crippen LogP contribution in [0.1, 0.15) is 25.8 Å². The topological polar surface area (TPSA) is 18.5 Å². The van der Waals surface area contributed by atoms with Crippen LogP contribution in [0, 0.1) is 0 Å². The fourth-order valence-electron chi connectivity index (χ4n) is 1.02. The molecule has 2 nitrogen and oxygen atoms in total. The average Bonchev–Trinajstić information content (AvgIpc) is 2.25. The smallest absolute Gasteiger partial charge is 0.147 e. The number of hydrogen-bond acceptors (Lipinski definition) is 2. The van der Waals surface area contributed by atoms with Gasteiger partial charge in [0.1, 0.15) is 6.79 Å². The monoisotopic (exact) mass is 194 g/mol. The zero-order valence-electron chi connectivity index (χ0n) is 8.90. The van der Waals surface area contributed by atoms with E-state index < -0.39 is 0 Å². The molecule has 0 aliphatic carbocycles. The van der Waals surface area contributed by atoms with Crippen molar-refractivity contribution in [1.82, 2.24) is 0 Å². The molecule has 0 amide bonds. The first kappa shape index (κ1) is 11.2. The van der Waals surface area contributed by atoms with Crippen LogP contribution < -0.4 is 0 Å². The zero-order chi connectivity index (χ0) is 10.2. The normalized spacial score (nSPS) is 12.7. The second kappa shape index (κ2) is 6.57. The predicted molar refractivity (Wildman–Crippen MR) is 56.9 cm³/mol. The lowest BCUT2D eigenvalue weighted by Crippen LogP contribution is -2.09. The summed E-state index contributed by atoms with van der Waals surface area (Å²) in [5, 5.41) is 0. The summed E-state index contributed by atoms with van der Waals surface area (Å²) in [6, 6.07) is 10.1. The van der Waals surface area contributed by atoms with Crippen LogP contribution in [0.5, 0.6) is 0 Å². The van der Waals surface area contributed by atoms with Crippen molar-refractivity contribution < 1.29 is 9.47 Å². The van der Waals surface area contributed by atoms with Crippen molar-refractivity contribution in [3.05, 3.63) is 35.9 Å². The molecule has 0 spiro atoms. The minimum atomic E-state index is 0.283. The van der Waals surface area contributed by atoms with Gasteiger partial charge < -0.3 is 9.47 Å². The summed E-state index contributed by atoms with van der Waals surface area (Å²) >= 11 is 0. The summed E-state index contributed by atoms with van der Waals surface area (Å²) in [7, 11) is 0. The van der Waals surface area contributed by atoms with Crippen LogP contribution in [0.4, 0.5) is 0 Å². The van der Waals surface area contributed by atoms with E-state index in [1.54, 1.807) is 0 Å². The van der Waals surface area contributed by atoms with Crippen molar-refractivity contribution in [2.75, 3.05) is 6.79 Å². The molecule has 1 aromatic rings. The van der Waals surface area contributed by atoms with Gasteiger partial charge in [0.25, 0.3) is 0 Å². The molecule has 0 aliphatic heterocycles. The first-order valence-electron chi connectivity index (χ1n) is 5.06. The van der Waals surface area contributed by atoms with Crippen LogP contribution in [0.2, 0.25) is 0 Å². The molecule has 0 saturated heterocycles. The van der Waals surface area contributed by atoms with Gasteiger partial charge in [-0.15, -0.1) is 0 Å². The van der Waals surface area contributed by atoms with E-state index in [0.29, 0.717) is 13.4 Å². The molecule has 0 aromatic heterocycles. The van der Waals surface area contributed by atoms with Gasteiger partial charge in [-0.3, -0.25) is 0 Å². The molecule has 0 heterocycles. The molecular weight excluding hydrogens is 176 g/mol. The summed E-state index contributed by atoms with van der Waals surface area (Å²) in [5.74, 6) is 0. The Morgan fingerprint density at radius 1 is 1.21 bits per heavy atom. The zero-order valence-corrected chi connectivity index (χ0v) is 8.90. The SMILES string of the molecule is CC[C@@H](C)OCOCc1ccccc1. The summed E-state index contributed by atoms with van der Waals surface area (Å²) < 4.78 is 10.8. The molecule has 78 valence electrons. The van der Waals surface area contributed by atoms with Crippen LogP contribution in [0.25, 0.3) is 0 Å². The molecule has 0 aliphatic rings. The van der Waals surface area contributed by atoms with E-state index in [9.17, 15) is 0 Å². The molecule has 14 heavy (non-hydrogen) atoms. The number of hydrogen-bond donors (Lipinski definition) is 0. The molecule has 2 heteroatoms. The summed E-state index contributed by atoms with van der Waals surface area (Å²) in [5.41, 5.74) is 1.18. The minimum Gasteiger partial charge on any atom is -0.352 e. The summed E-state index contributed by atoms with van der Waals surface area (Å²) in [6.45, 7) is 5.15. The van der Waals surface area contributed by atoms with E-state index >= 15 is 0 Å². The van der Waals surface area contributed by atoms with Crippen LogP contribution in [-0.2, 0) is 16.1 Å². The molecule has 0 unspecified atom stereocenters. The molecule has 1 rings (SSSR count). The Morgan fingerprint density at radius 2 is 1.93 bits per heavy atom. The third-order valence-corrected chi connectivity index (χ3v) is 2.12. The van der Waals surface area contributed by atoms with Crippen molar-refractivity contribution in [2.45, 2.75) is 33.0 Å². The van der Waals surface area contributed by atoms with Gasteiger partial charge in [0.05, 0.1) is 12.7 Å². The largest absolute Gasteiger partial charge is 0.352 e. The molecule has 0 fully saturated rings. The molecule has 0 N–H and O–H groups in total. The highest BCUT2D eigenvalue weighted by molar-refractivity contribution is 5.13. The van der Waals surface area contributed by atoms with E-state index in [0.717, 1.165) is 6.42 Å². The van der Waals surface area contributed by atoms with E-state index in [2.05, 4.69) is 6.92 Å². The van der Waals surface area contributed by atoms with Crippen molar-refractivity contribution in [2.24, 2.45) is 0 Å². The first-order chi connectivity index (χ1) is 6.83. The fraction of sp³-hybridized carbons (Fsp3) is 0.500. The summed E-state index contributed by atoms with van der Waals surface area (Å²) in [4.78, 5) is 0. The third-order valence-electron chi connectivity index (χ3n) is 2.12. The van der Waals surface area contributed by atoms with Gasteiger partial charge in [-0.25, -0.2) is 0 Å². The van der Waals surface area contributed by atoms with E-state index in [1.165, 1.54) is 5.56 Å². The third kappa shape index (κ3) is 4.40. The van der Waals surface area contributed by atoms with E-state index in [-0.39, 0.29) is 6.10 Å². The Hall–Kier alpha value is -0.860. The summed E-state index contributed by atoms with van der Waals surface area (Å²) in [6.07, 6.45) is 1.31. The highest BCUT2D eigenvalue weighted by Crippen LogP contribution is 2.01. The van der Waals surface area contributed by atoms with Gasteiger partial charge in [-0.1, -0.05) is 37.3 Å². The van der Waals surface area contributed by atoms with Crippen molar-refractivity contribution in [3.63, 3.8) is 0 Å². The van der Waals surface area contributed by atoms with Gasteiger partial charge >= 0.3 is 0 Å². The molecule has 0 radical (unpaired) electrons. The lowest BCUT2D eigenvalue weighted by atomic mass is 10.2. The van der Waals surface area contributed by atoms with Crippen LogP contribution in [0.3, 0.4) is 0 Å². The predicted octanol–water partition coefficient (Wildman–Crippen LogP) is 2.98. The molecular formula is C12H18O2. The Balaban J connectivity index is 2.10. The first-order valence-corrected chi connectivity index (χ1v) is 5.06. The Kier molecular flexibility index (Phi) is 5.27. The number of ether oxygens (including phenoxy) is 2. The molecule has 1 atom stereocenters. The Morgan fingerprint density at radius 3 is 2.57 bits per heavy atom. The average molecular weight is 194 g/mol. The standard InChI is InChI=1S/C12H18O2/c1-3-11(2)14-10-13-9-12-7-5-4-6-8-12/h4-8,11H,3,9-10H2,1-2H3/t11-/m1/s1. The number of rotatable bonds is 6. The lowest BCUT2D eigenvalue weighted by Gasteiger charge is -2.10. The van der Waals surface area contributed by atoms with Crippen LogP contribution in [-0.4, -0.2) is 12.9 Å². The van der Waals surface area contributed by atoms with Crippen LogP contribution >= 0.6 is 0 Å². The van der Waals surface area contributed by atoms with Crippen molar-refractivity contribution in [1.29, 1.82) is 0 Å². The van der Waals surface area contributed by atoms with Crippen molar-refractivity contribution in [3.8, 4) is 0 Å². The highest BCUT2D eigenvalue weighted by Gasteiger charge is 1.97. The highest BCUT2D eigenvalue weighted by atomic mass is 16.7. The van der Waals surface area contributed by atoms with Gasteiger partial charge in [0.2, 0.25) is 0 Å². The van der Waals surface area contributed by atoms with Gasteiger partial charge in [-0.2, -0.15) is 0 Å². The van der Waals surface area contributed by atoms with Gasteiger partial charge in [0.15, 0.2) is 0 Å². The van der Waals surface area contributed by atoms with Gasteiger partial charge in [-0.05, 0) is 18.9 Å². The fourth-order valence-corrected chi connectivity index (χ4v) is 1.02. The quantitative estimate of drug-likeness (QED) is 0.512.